The molecular weight excluding hydrogens is 131 g/mol. The minimum absolute atomic E-state index is 0.0231. The molecule has 0 heterocycles. The molecule has 0 saturated heterocycles. The lowest BCUT2D eigenvalue weighted by Gasteiger charge is -2.14. The molecular formula is C6H13AlO2. The Labute approximate surface area is 65.0 Å². The second-order valence-corrected chi connectivity index (χ2v) is 2.05. The van der Waals surface area contributed by atoms with E-state index in [1.54, 1.807) is 0 Å². The maximum Gasteiger partial charge on any atom is 0.144 e. The Morgan fingerprint density at radius 1 is 1.22 bits per heavy atom. The lowest BCUT2D eigenvalue weighted by atomic mass is 10.7. The molecule has 0 N–H and O–H groups in total. The van der Waals surface area contributed by atoms with Gasteiger partial charge in [0.05, 0.1) is 0 Å². The third-order valence-electron chi connectivity index (χ3n) is 0.898. The smallest absolute Gasteiger partial charge is 0.144 e. The van der Waals surface area contributed by atoms with E-state index in [1.165, 1.54) is 0 Å². The van der Waals surface area contributed by atoms with Crippen molar-refractivity contribution in [2.24, 2.45) is 0 Å². The Bertz CT molecular complexity index is 53.0. The number of hydrogen-bond acceptors (Lipinski definition) is 2. The maximum absolute atomic E-state index is 5.19. The zero-order valence-corrected chi connectivity index (χ0v) is 7.25. The molecule has 0 aromatic heterocycles. The summed E-state index contributed by atoms with van der Waals surface area (Å²) in [6.45, 7) is 5.37. The molecule has 0 aromatic carbocycles. The molecule has 0 aliphatic heterocycles. The summed E-state index contributed by atoms with van der Waals surface area (Å²) in [5.41, 5.74) is 0. The van der Waals surface area contributed by atoms with E-state index in [0.717, 1.165) is 18.5 Å². The first kappa shape index (κ1) is 9.45. The van der Waals surface area contributed by atoms with Gasteiger partial charge in [0, 0.05) is 13.2 Å². The van der Waals surface area contributed by atoms with Crippen LogP contribution in [0.4, 0.5) is 0 Å². The summed E-state index contributed by atoms with van der Waals surface area (Å²) in [5, 5.41) is 0.849. The van der Waals surface area contributed by atoms with Gasteiger partial charge in [0.15, 0.2) is 0 Å². The van der Waals surface area contributed by atoms with Crippen molar-refractivity contribution in [2.75, 3.05) is 13.2 Å². The van der Waals surface area contributed by atoms with E-state index in [0.29, 0.717) is 0 Å². The second-order valence-electron chi connectivity index (χ2n) is 1.58. The van der Waals surface area contributed by atoms with Gasteiger partial charge in [0.2, 0.25) is 0 Å². The summed E-state index contributed by atoms with van der Waals surface area (Å²) in [6, 6.07) is 0. The van der Waals surface area contributed by atoms with Crippen molar-refractivity contribution in [3.8, 4) is 0 Å². The maximum atomic E-state index is 5.19. The van der Waals surface area contributed by atoms with Crippen LogP contribution in [0.5, 0.6) is 0 Å². The molecule has 0 fully saturated rings. The lowest BCUT2D eigenvalue weighted by molar-refractivity contribution is -0.122. The Morgan fingerprint density at radius 3 is 1.89 bits per heavy atom. The Hall–Kier alpha value is 0.452. The molecule has 0 spiro atoms. The van der Waals surface area contributed by atoms with Crippen LogP contribution in [0.1, 0.15) is 13.8 Å². The summed E-state index contributed by atoms with van der Waals surface area (Å²) in [5.74, 6) is 0. The zero-order chi connectivity index (χ0) is 7.11. The van der Waals surface area contributed by atoms with Crippen LogP contribution in [-0.4, -0.2) is 35.8 Å². The molecule has 0 atom stereocenters. The normalized spacial score (nSPS) is 10.6. The molecule has 52 valence electrons. The Balaban J connectivity index is 3.18. The van der Waals surface area contributed by atoms with Crippen LogP contribution in [-0.2, 0) is 9.47 Å². The van der Waals surface area contributed by atoms with Gasteiger partial charge in [0.25, 0.3) is 0 Å². The SMILES string of the molecule is CCOC([CH2][Al])OCC. The van der Waals surface area contributed by atoms with E-state index in [2.05, 4.69) is 16.3 Å². The summed E-state index contributed by atoms with van der Waals surface area (Å²) < 4.78 is 10.4. The quantitative estimate of drug-likeness (QED) is 0.423. The Kier molecular flexibility index (Phi) is 6.90. The third kappa shape index (κ3) is 4.93. The molecule has 0 aliphatic carbocycles. The Morgan fingerprint density at radius 2 is 1.67 bits per heavy atom. The van der Waals surface area contributed by atoms with E-state index < -0.39 is 0 Å². The van der Waals surface area contributed by atoms with Crippen LogP contribution in [0.2, 0.25) is 5.28 Å². The monoisotopic (exact) mass is 144 g/mol. The van der Waals surface area contributed by atoms with Crippen LogP contribution >= 0.6 is 0 Å². The topological polar surface area (TPSA) is 18.5 Å². The first-order chi connectivity index (χ1) is 4.35. The molecule has 0 amide bonds. The van der Waals surface area contributed by atoms with Crippen molar-refractivity contribution >= 4 is 16.3 Å². The summed E-state index contributed by atoms with van der Waals surface area (Å²) in [6.07, 6.45) is -0.0231. The summed E-state index contributed by atoms with van der Waals surface area (Å²) in [7, 11) is 0. The largest absolute Gasteiger partial charge is 0.354 e. The number of ether oxygens (including phenoxy) is 2. The minimum atomic E-state index is -0.0231. The van der Waals surface area contributed by atoms with E-state index in [9.17, 15) is 0 Å². The van der Waals surface area contributed by atoms with Gasteiger partial charge >= 0.3 is 0 Å². The van der Waals surface area contributed by atoms with E-state index in [4.69, 9.17) is 9.47 Å². The van der Waals surface area contributed by atoms with Crippen molar-refractivity contribution in [2.45, 2.75) is 25.4 Å². The van der Waals surface area contributed by atoms with Crippen LogP contribution in [0.25, 0.3) is 0 Å². The fourth-order valence-corrected chi connectivity index (χ4v) is 0.828. The molecule has 0 rings (SSSR count). The first-order valence-corrected chi connectivity index (χ1v) is 4.10. The van der Waals surface area contributed by atoms with Gasteiger partial charge in [-0.2, -0.15) is 0 Å². The van der Waals surface area contributed by atoms with Crippen LogP contribution < -0.4 is 0 Å². The van der Waals surface area contributed by atoms with Crippen molar-refractivity contribution in [1.29, 1.82) is 0 Å². The van der Waals surface area contributed by atoms with E-state index in [-0.39, 0.29) is 6.29 Å². The van der Waals surface area contributed by atoms with Gasteiger partial charge in [-0.1, -0.05) is 5.28 Å². The number of hydrogen-bond donors (Lipinski definition) is 0. The fraction of sp³-hybridized carbons (Fsp3) is 1.00. The molecule has 0 aromatic rings. The van der Waals surface area contributed by atoms with Crippen LogP contribution in [0.3, 0.4) is 0 Å². The predicted molar refractivity (Wildman–Crippen MR) is 37.6 cm³/mol. The van der Waals surface area contributed by atoms with E-state index in [1.807, 2.05) is 13.8 Å². The third-order valence-corrected chi connectivity index (χ3v) is 1.28. The van der Waals surface area contributed by atoms with Crippen molar-refractivity contribution < 1.29 is 9.47 Å². The fourth-order valence-electron chi connectivity index (χ4n) is 0.556. The molecule has 0 bridgehead atoms. The highest BCUT2D eigenvalue weighted by Gasteiger charge is 2.00. The molecule has 9 heavy (non-hydrogen) atoms. The zero-order valence-electron chi connectivity index (χ0n) is 6.09. The highest BCUT2D eigenvalue weighted by Crippen LogP contribution is 1.97. The molecule has 3 heteroatoms. The van der Waals surface area contributed by atoms with Crippen molar-refractivity contribution in [1.82, 2.24) is 0 Å². The minimum Gasteiger partial charge on any atom is -0.354 e. The predicted octanol–water partition coefficient (Wildman–Crippen LogP) is 0.972. The summed E-state index contributed by atoms with van der Waals surface area (Å²) >= 11 is 2.59. The highest BCUT2D eigenvalue weighted by atomic mass is 27.0. The van der Waals surface area contributed by atoms with Crippen LogP contribution in [0, 0.1) is 0 Å². The van der Waals surface area contributed by atoms with Crippen molar-refractivity contribution in [3.63, 3.8) is 0 Å². The summed E-state index contributed by atoms with van der Waals surface area (Å²) in [4.78, 5) is 0. The first-order valence-electron chi connectivity index (χ1n) is 3.28. The van der Waals surface area contributed by atoms with Gasteiger partial charge in [-0.25, -0.2) is 0 Å². The second kappa shape index (κ2) is 6.57. The molecule has 0 unspecified atom stereocenters. The molecule has 2 radical (unpaired) electrons. The van der Waals surface area contributed by atoms with E-state index >= 15 is 0 Å². The van der Waals surface area contributed by atoms with Gasteiger partial charge in [-0.15, -0.1) is 0 Å². The molecule has 0 saturated carbocycles. The van der Waals surface area contributed by atoms with Gasteiger partial charge in [0.1, 0.15) is 22.6 Å². The molecule has 0 aliphatic rings. The van der Waals surface area contributed by atoms with Gasteiger partial charge in [-0.05, 0) is 13.8 Å². The average molecular weight is 144 g/mol. The van der Waals surface area contributed by atoms with Crippen molar-refractivity contribution in [3.05, 3.63) is 0 Å². The van der Waals surface area contributed by atoms with Gasteiger partial charge < -0.3 is 9.47 Å². The van der Waals surface area contributed by atoms with Crippen LogP contribution in [0.15, 0.2) is 0 Å². The number of rotatable bonds is 5. The molecule has 2 nitrogen and oxygen atoms in total. The average Bonchev–Trinajstić information content (AvgIpc) is 1.88. The highest BCUT2D eigenvalue weighted by molar-refractivity contribution is 6.08. The lowest BCUT2D eigenvalue weighted by Crippen LogP contribution is -2.16. The standard InChI is InChI=1S/C6H13O2.Al/c1-4-7-6(3)8-5-2;/h6H,3-5H2,1-2H3;. The van der Waals surface area contributed by atoms with Gasteiger partial charge in [-0.3, -0.25) is 0 Å².